The zero-order valence-corrected chi connectivity index (χ0v) is 15.7. The van der Waals surface area contributed by atoms with Crippen LogP contribution in [0.5, 0.6) is 0 Å². The first-order valence-corrected chi connectivity index (χ1v) is 9.08. The molecular formula is C20H28N4O. The van der Waals surface area contributed by atoms with Gasteiger partial charge in [0, 0.05) is 24.5 Å². The Kier molecular flexibility index (Phi) is 6.92. The summed E-state index contributed by atoms with van der Waals surface area (Å²) in [4.78, 5) is 23.5. The van der Waals surface area contributed by atoms with Gasteiger partial charge in [0.05, 0.1) is 0 Å². The highest BCUT2D eigenvalue weighted by atomic mass is 16.2. The van der Waals surface area contributed by atoms with Crippen LogP contribution < -0.4 is 5.32 Å². The van der Waals surface area contributed by atoms with Crippen LogP contribution in [0.15, 0.2) is 30.3 Å². The first-order chi connectivity index (χ1) is 12.1. The van der Waals surface area contributed by atoms with Crippen LogP contribution in [0.25, 0.3) is 0 Å². The van der Waals surface area contributed by atoms with Gasteiger partial charge in [0.25, 0.3) is 5.91 Å². The van der Waals surface area contributed by atoms with Gasteiger partial charge in [-0.25, -0.2) is 9.97 Å². The fourth-order valence-electron chi connectivity index (χ4n) is 2.70. The molecule has 0 fully saturated rings. The molecule has 2 aromatic rings. The standard InChI is InChI=1S/C20H28N4O/c1-5-12-24(13-6-2)19(25)18-14-15(4)21-20(23-18)22-17-10-8-16(7-3)9-11-17/h8-11,14H,5-7,12-13H2,1-4H3,(H,21,22,23). The SMILES string of the molecule is CCCN(CCC)C(=O)c1cc(C)nc(Nc2ccc(CC)cc2)n1. The Labute approximate surface area is 150 Å². The molecule has 0 unspecified atom stereocenters. The number of aromatic nitrogens is 2. The van der Waals surface area contributed by atoms with E-state index in [1.54, 1.807) is 6.07 Å². The summed E-state index contributed by atoms with van der Waals surface area (Å²) in [6.45, 7) is 9.66. The maximum absolute atomic E-state index is 12.8. The van der Waals surface area contributed by atoms with E-state index in [0.29, 0.717) is 11.6 Å². The van der Waals surface area contributed by atoms with Gasteiger partial charge >= 0.3 is 0 Å². The van der Waals surface area contributed by atoms with Crippen LogP contribution in [0.4, 0.5) is 11.6 Å². The van der Waals surface area contributed by atoms with Gasteiger partial charge in [-0.15, -0.1) is 0 Å². The number of benzene rings is 1. The van der Waals surface area contributed by atoms with E-state index in [9.17, 15) is 4.79 Å². The number of carbonyl (C=O) groups excluding carboxylic acids is 1. The average Bonchev–Trinajstić information content (AvgIpc) is 2.61. The summed E-state index contributed by atoms with van der Waals surface area (Å²) in [5.41, 5.74) is 3.42. The molecule has 0 atom stereocenters. The summed E-state index contributed by atoms with van der Waals surface area (Å²) in [7, 11) is 0. The second kappa shape index (κ2) is 9.16. The Balaban J connectivity index is 2.22. The maximum atomic E-state index is 12.8. The normalized spacial score (nSPS) is 10.6. The fraction of sp³-hybridized carbons (Fsp3) is 0.450. The Hall–Kier alpha value is -2.43. The molecule has 0 saturated heterocycles. The minimum Gasteiger partial charge on any atom is -0.337 e. The second-order valence-electron chi connectivity index (χ2n) is 6.19. The van der Waals surface area contributed by atoms with Crippen molar-refractivity contribution in [3.8, 4) is 0 Å². The van der Waals surface area contributed by atoms with E-state index in [2.05, 4.69) is 48.2 Å². The van der Waals surface area contributed by atoms with Crippen LogP contribution in [-0.2, 0) is 6.42 Å². The van der Waals surface area contributed by atoms with Gasteiger partial charge in [-0.1, -0.05) is 32.9 Å². The molecule has 5 nitrogen and oxygen atoms in total. The number of nitrogens with one attached hydrogen (secondary N) is 1. The average molecular weight is 340 g/mol. The zero-order chi connectivity index (χ0) is 18.2. The van der Waals surface area contributed by atoms with Crippen molar-refractivity contribution >= 4 is 17.5 Å². The number of hydrogen-bond donors (Lipinski definition) is 1. The largest absolute Gasteiger partial charge is 0.337 e. The number of nitrogens with zero attached hydrogens (tertiary/aromatic N) is 3. The number of carbonyl (C=O) groups is 1. The van der Waals surface area contributed by atoms with Crippen LogP contribution in [0.3, 0.4) is 0 Å². The van der Waals surface area contributed by atoms with E-state index in [-0.39, 0.29) is 5.91 Å². The van der Waals surface area contributed by atoms with E-state index in [0.717, 1.165) is 43.7 Å². The molecule has 1 aromatic carbocycles. The van der Waals surface area contributed by atoms with E-state index < -0.39 is 0 Å². The van der Waals surface area contributed by atoms with Crippen molar-refractivity contribution in [3.05, 3.63) is 47.3 Å². The maximum Gasteiger partial charge on any atom is 0.272 e. The van der Waals surface area contributed by atoms with E-state index in [4.69, 9.17) is 0 Å². The van der Waals surface area contributed by atoms with E-state index >= 15 is 0 Å². The summed E-state index contributed by atoms with van der Waals surface area (Å²) in [5.74, 6) is 0.430. The molecular weight excluding hydrogens is 312 g/mol. The molecule has 0 bridgehead atoms. The summed E-state index contributed by atoms with van der Waals surface area (Å²) >= 11 is 0. The first kappa shape index (κ1) is 18.9. The van der Waals surface area contributed by atoms with Crippen LogP contribution in [-0.4, -0.2) is 33.9 Å². The number of rotatable bonds is 8. The Morgan fingerprint density at radius 3 is 2.24 bits per heavy atom. The highest BCUT2D eigenvalue weighted by molar-refractivity contribution is 5.92. The Bertz CT molecular complexity index is 691. The fourth-order valence-corrected chi connectivity index (χ4v) is 2.70. The molecule has 0 aliphatic rings. The molecule has 25 heavy (non-hydrogen) atoms. The monoisotopic (exact) mass is 340 g/mol. The number of hydrogen-bond acceptors (Lipinski definition) is 4. The van der Waals surface area contributed by atoms with Crippen molar-refractivity contribution in [1.82, 2.24) is 14.9 Å². The lowest BCUT2D eigenvalue weighted by Gasteiger charge is -2.21. The van der Waals surface area contributed by atoms with Gasteiger partial charge in [0.15, 0.2) is 0 Å². The van der Waals surface area contributed by atoms with Gasteiger partial charge in [0.1, 0.15) is 5.69 Å². The number of amides is 1. The quantitative estimate of drug-likeness (QED) is 0.776. The minimum atomic E-state index is -0.0291. The third kappa shape index (κ3) is 5.28. The summed E-state index contributed by atoms with van der Waals surface area (Å²) in [6, 6.07) is 9.92. The molecule has 1 amide bonds. The lowest BCUT2D eigenvalue weighted by Crippen LogP contribution is -2.33. The van der Waals surface area contributed by atoms with E-state index in [1.165, 1.54) is 5.56 Å². The van der Waals surface area contributed by atoms with Gasteiger partial charge in [-0.3, -0.25) is 4.79 Å². The molecule has 1 N–H and O–H groups in total. The summed E-state index contributed by atoms with van der Waals surface area (Å²) < 4.78 is 0. The molecule has 0 aliphatic carbocycles. The van der Waals surface area contributed by atoms with Crippen LogP contribution in [0.1, 0.15) is 55.4 Å². The molecule has 1 aromatic heterocycles. The molecule has 1 heterocycles. The first-order valence-electron chi connectivity index (χ1n) is 9.08. The number of anilines is 2. The van der Waals surface area contributed by atoms with Crippen LogP contribution in [0, 0.1) is 6.92 Å². The van der Waals surface area contributed by atoms with Gasteiger partial charge in [-0.05, 0) is 49.9 Å². The predicted molar refractivity (Wildman–Crippen MR) is 102 cm³/mol. The van der Waals surface area contributed by atoms with Crippen molar-refractivity contribution in [3.63, 3.8) is 0 Å². The third-order valence-electron chi connectivity index (χ3n) is 3.97. The lowest BCUT2D eigenvalue weighted by atomic mass is 10.1. The highest BCUT2D eigenvalue weighted by Crippen LogP contribution is 2.16. The highest BCUT2D eigenvalue weighted by Gasteiger charge is 2.17. The minimum absolute atomic E-state index is 0.0291. The molecule has 0 spiro atoms. The third-order valence-corrected chi connectivity index (χ3v) is 3.97. The molecule has 2 rings (SSSR count). The molecule has 0 saturated carbocycles. The van der Waals surface area contributed by atoms with Gasteiger partial charge in [0.2, 0.25) is 5.95 Å². The van der Waals surface area contributed by atoms with Crippen molar-refractivity contribution in [2.24, 2.45) is 0 Å². The summed E-state index contributed by atoms with van der Waals surface area (Å²) in [5, 5.41) is 3.20. The van der Waals surface area contributed by atoms with Gasteiger partial charge in [-0.2, -0.15) is 0 Å². The second-order valence-corrected chi connectivity index (χ2v) is 6.19. The van der Waals surface area contributed by atoms with Crippen molar-refractivity contribution in [1.29, 1.82) is 0 Å². The van der Waals surface area contributed by atoms with Gasteiger partial charge < -0.3 is 10.2 Å². The summed E-state index contributed by atoms with van der Waals surface area (Å²) in [6.07, 6.45) is 2.87. The number of aryl methyl sites for hydroxylation is 2. The molecule has 0 aliphatic heterocycles. The Morgan fingerprint density at radius 2 is 1.68 bits per heavy atom. The zero-order valence-electron chi connectivity index (χ0n) is 15.7. The van der Waals surface area contributed by atoms with Crippen LogP contribution in [0.2, 0.25) is 0 Å². The lowest BCUT2D eigenvalue weighted by molar-refractivity contribution is 0.0749. The predicted octanol–water partition coefficient (Wildman–Crippen LogP) is 4.35. The molecule has 0 radical (unpaired) electrons. The topological polar surface area (TPSA) is 58.1 Å². The van der Waals surface area contributed by atoms with Crippen molar-refractivity contribution in [2.75, 3.05) is 18.4 Å². The Morgan fingerprint density at radius 1 is 1.04 bits per heavy atom. The molecule has 5 heteroatoms. The van der Waals surface area contributed by atoms with Crippen molar-refractivity contribution in [2.45, 2.75) is 47.0 Å². The van der Waals surface area contributed by atoms with Crippen molar-refractivity contribution < 1.29 is 4.79 Å². The smallest absolute Gasteiger partial charge is 0.272 e. The van der Waals surface area contributed by atoms with E-state index in [1.807, 2.05) is 24.0 Å². The van der Waals surface area contributed by atoms with Crippen LogP contribution >= 0.6 is 0 Å². The molecule has 134 valence electrons.